The third-order valence-corrected chi connectivity index (χ3v) is 2.66. The van der Waals surface area contributed by atoms with Crippen molar-refractivity contribution in [2.75, 3.05) is 25.2 Å². The maximum absolute atomic E-state index is 5.63. The molecule has 0 aliphatic rings. The van der Waals surface area contributed by atoms with Crippen molar-refractivity contribution in [1.82, 2.24) is 9.97 Å². The van der Waals surface area contributed by atoms with Crippen molar-refractivity contribution in [1.29, 1.82) is 0 Å². The molecule has 0 atom stereocenters. The van der Waals surface area contributed by atoms with Gasteiger partial charge in [-0.2, -0.15) is 0 Å². The number of methoxy groups -OCH3 is 1. The molecule has 0 unspecified atom stereocenters. The Kier molecular flexibility index (Phi) is 3.98. The van der Waals surface area contributed by atoms with Gasteiger partial charge in [0.1, 0.15) is 17.2 Å². The van der Waals surface area contributed by atoms with Gasteiger partial charge in [-0.3, -0.25) is 0 Å². The van der Waals surface area contributed by atoms with Crippen LogP contribution in [-0.2, 0) is 4.74 Å². The van der Waals surface area contributed by atoms with Crippen molar-refractivity contribution >= 4 is 17.6 Å². The van der Waals surface area contributed by atoms with E-state index < -0.39 is 0 Å². The van der Waals surface area contributed by atoms with Crippen molar-refractivity contribution in [3.63, 3.8) is 0 Å². The van der Waals surface area contributed by atoms with Crippen LogP contribution < -0.4 is 5.73 Å². The van der Waals surface area contributed by atoms with E-state index in [1.165, 1.54) is 6.33 Å². The molecule has 0 aromatic carbocycles. The lowest BCUT2D eigenvalue weighted by atomic mass is 10.4. The molecule has 4 nitrogen and oxygen atoms in total. The quantitative estimate of drug-likeness (QED) is 0.447. The standard InChI is InChI=1S/C8H13N3OS/c1-6-7(9)10-5-11-8(6)13-4-3-12-2/h5H,3-4H2,1-2H3,(H2,9,10,11). The molecule has 72 valence electrons. The molecule has 0 aliphatic carbocycles. The average Bonchev–Trinajstić information content (AvgIpc) is 2.13. The summed E-state index contributed by atoms with van der Waals surface area (Å²) in [4.78, 5) is 8.02. The molecule has 0 saturated heterocycles. The molecule has 0 bridgehead atoms. The Bertz CT molecular complexity index is 280. The molecule has 13 heavy (non-hydrogen) atoms. The second kappa shape index (κ2) is 5.04. The van der Waals surface area contributed by atoms with Gasteiger partial charge in [0.2, 0.25) is 0 Å². The summed E-state index contributed by atoms with van der Waals surface area (Å²) in [5.74, 6) is 1.43. The fourth-order valence-electron chi connectivity index (χ4n) is 0.814. The minimum atomic E-state index is 0.551. The Morgan fingerprint density at radius 2 is 2.31 bits per heavy atom. The van der Waals surface area contributed by atoms with Gasteiger partial charge in [0.25, 0.3) is 0 Å². The first-order valence-corrected chi connectivity index (χ1v) is 4.93. The molecule has 0 saturated carbocycles. The minimum absolute atomic E-state index is 0.551. The molecular formula is C8H13N3OS. The summed E-state index contributed by atoms with van der Waals surface area (Å²) in [6.45, 7) is 2.64. The molecular weight excluding hydrogens is 186 g/mol. The van der Waals surface area contributed by atoms with E-state index in [2.05, 4.69) is 9.97 Å². The van der Waals surface area contributed by atoms with Crippen LogP contribution in [0.25, 0.3) is 0 Å². The molecule has 2 N–H and O–H groups in total. The predicted octanol–water partition coefficient (Wildman–Crippen LogP) is 1.11. The topological polar surface area (TPSA) is 61.0 Å². The number of thioether (sulfide) groups is 1. The molecule has 1 rings (SSSR count). The number of nitrogens with zero attached hydrogens (tertiary/aromatic N) is 2. The number of aromatic nitrogens is 2. The number of anilines is 1. The summed E-state index contributed by atoms with van der Waals surface area (Å²) in [6.07, 6.45) is 1.48. The zero-order valence-electron chi connectivity index (χ0n) is 7.78. The summed E-state index contributed by atoms with van der Waals surface area (Å²) < 4.78 is 4.94. The highest BCUT2D eigenvalue weighted by molar-refractivity contribution is 7.99. The van der Waals surface area contributed by atoms with Gasteiger partial charge in [-0.1, -0.05) is 0 Å². The highest BCUT2D eigenvalue weighted by Crippen LogP contribution is 2.21. The molecule has 1 aromatic heterocycles. The van der Waals surface area contributed by atoms with Crippen LogP contribution in [0.3, 0.4) is 0 Å². The summed E-state index contributed by atoms with van der Waals surface area (Å²) in [6, 6.07) is 0. The van der Waals surface area contributed by atoms with Crippen LogP contribution in [0.15, 0.2) is 11.4 Å². The predicted molar refractivity (Wildman–Crippen MR) is 53.8 cm³/mol. The summed E-state index contributed by atoms with van der Waals surface area (Å²) >= 11 is 1.63. The smallest absolute Gasteiger partial charge is 0.130 e. The zero-order chi connectivity index (χ0) is 9.68. The van der Waals surface area contributed by atoms with E-state index in [1.54, 1.807) is 18.9 Å². The van der Waals surface area contributed by atoms with Crippen LogP contribution in [0.1, 0.15) is 5.56 Å². The summed E-state index contributed by atoms with van der Waals surface area (Å²) in [7, 11) is 1.68. The van der Waals surface area contributed by atoms with Gasteiger partial charge >= 0.3 is 0 Å². The van der Waals surface area contributed by atoms with E-state index in [4.69, 9.17) is 10.5 Å². The van der Waals surface area contributed by atoms with E-state index in [-0.39, 0.29) is 0 Å². The largest absolute Gasteiger partial charge is 0.384 e. The second-order valence-corrected chi connectivity index (χ2v) is 3.61. The lowest BCUT2D eigenvalue weighted by Gasteiger charge is -2.04. The highest BCUT2D eigenvalue weighted by Gasteiger charge is 2.03. The van der Waals surface area contributed by atoms with Gasteiger partial charge in [-0.05, 0) is 6.92 Å². The lowest BCUT2D eigenvalue weighted by Crippen LogP contribution is -1.99. The average molecular weight is 199 g/mol. The van der Waals surface area contributed by atoms with Gasteiger partial charge in [0, 0.05) is 18.4 Å². The molecule has 0 aliphatic heterocycles. The van der Waals surface area contributed by atoms with Gasteiger partial charge in [-0.25, -0.2) is 9.97 Å². The van der Waals surface area contributed by atoms with E-state index in [0.29, 0.717) is 12.4 Å². The number of nitrogen functional groups attached to an aromatic ring is 1. The molecule has 5 heteroatoms. The SMILES string of the molecule is COCCSc1ncnc(N)c1C. The summed E-state index contributed by atoms with van der Waals surface area (Å²) in [5.41, 5.74) is 6.58. The van der Waals surface area contributed by atoms with Gasteiger partial charge < -0.3 is 10.5 Å². The molecule has 0 fully saturated rings. The first kappa shape index (κ1) is 10.3. The lowest BCUT2D eigenvalue weighted by molar-refractivity contribution is 0.218. The first-order valence-electron chi connectivity index (χ1n) is 3.94. The third kappa shape index (κ3) is 2.86. The van der Waals surface area contributed by atoms with E-state index in [0.717, 1.165) is 16.3 Å². The van der Waals surface area contributed by atoms with Crippen LogP contribution in [0.5, 0.6) is 0 Å². The fraction of sp³-hybridized carbons (Fsp3) is 0.500. The minimum Gasteiger partial charge on any atom is -0.384 e. The van der Waals surface area contributed by atoms with Crippen molar-refractivity contribution in [3.05, 3.63) is 11.9 Å². The second-order valence-electron chi connectivity index (χ2n) is 2.53. The Morgan fingerprint density at radius 1 is 1.54 bits per heavy atom. The third-order valence-electron chi connectivity index (χ3n) is 1.60. The van der Waals surface area contributed by atoms with Crippen LogP contribution in [0, 0.1) is 6.92 Å². The number of hydrogen-bond donors (Lipinski definition) is 1. The number of ether oxygens (including phenoxy) is 1. The van der Waals surface area contributed by atoms with Crippen LogP contribution in [-0.4, -0.2) is 29.4 Å². The maximum Gasteiger partial charge on any atom is 0.130 e. The number of hydrogen-bond acceptors (Lipinski definition) is 5. The molecule has 1 aromatic rings. The highest BCUT2D eigenvalue weighted by atomic mass is 32.2. The molecule has 0 radical (unpaired) electrons. The van der Waals surface area contributed by atoms with Crippen LogP contribution in [0.4, 0.5) is 5.82 Å². The molecule has 0 spiro atoms. The number of nitrogens with two attached hydrogens (primary N) is 1. The zero-order valence-corrected chi connectivity index (χ0v) is 8.60. The molecule has 1 heterocycles. The van der Waals surface area contributed by atoms with Gasteiger partial charge in [0.05, 0.1) is 6.61 Å². The Hall–Kier alpha value is -0.810. The van der Waals surface area contributed by atoms with Gasteiger partial charge in [-0.15, -0.1) is 11.8 Å². The Balaban J connectivity index is 2.61. The van der Waals surface area contributed by atoms with E-state index in [9.17, 15) is 0 Å². The Morgan fingerprint density at radius 3 is 3.00 bits per heavy atom. The summed E-state index contributed by atoms with van der Waals surface area (Å²) in [5, 5.41) is 0.935. The molecule has 0 amide bonds. The van der Waals surface area contributed by atoms with Crippen molar-refractivity contribution < 1.29 is 4.74 Å². The van der Waals surface area contributed by atoms with Crippen molar-refractivity contribution in [2.24, 2.45) is 0 Å². The Labute approximate surface area is 81.9 Å². The fourth-order valence-corrected chi connectivity index (χ4v) is 1.70. The monoisotopic (exact) mass is 199 g/mol. The maximum atomic E-state index is 5.63. The van der Waals surface area contributed by atoms with Crippen molar-refractivity contribution in [2.45, 2.75) is 11.9 Å². The van der Waals surface area contributed by atoms with Crippen LogP contribution >= 0.6 is 11.8 Å². The first-order chi connectivity index (χ1) is 6.25. The van der Waals surface area contributed by atoms with Gasteiger partial charge in [0.15, 0.2) is 0 Å². The normalized spacial score (nSPS) is 10.3. The van der Waals surface area contributed by atoms with Crippen LogP contribution in [0.2, 0.25) is 0 Å². The number of rotatable bonds is 4. The van der Waals surface area contributed by atoms with E-state index >= 15 is 0 Å². The van der Waals surface area contributed by atoms with E-state index in [1.807, 2.05) is 6.92 Å². The van der Waals surface area contributed by atoms with Crippen molar-refractivity contribution in [3.8, 4) is 0 Å².